The first kappa shape index (κ1) is 27.6. The molecule has 4 rings (SSSR count). The summed E-state index contributed by atoms with van der Waals surface area (Å²) in [4.78, 5) is 19.4. The van der Waals surface area contributed by atoms with Gasteiger partial charge in [0, 0.05) is 61.6 Å². The Hall–Kier alpha value is -4.41. The van der Waals surface area contributed by atoms with Crippen molar-refractivity contribution in [2.45, 2.75) is 12.5 Å². The first-order chi connectivity index (χ1) is 19.0. The molecule has 3 aromatic rings. The van der Waals surface area contributed by atoms with Gasteiger partial charge in [-0.05, 0) is 31.3 Å². The van der Waals surface area contributed by atoms with Crippen LogP contribution in [0.3, 0.4) is 0 Å². The van der Waals surface area contributed by atoms with E-state index >= 15 is 0 Å². The average molecular weight is 526 g/mol. The molecule has 9 nitrogen and oxygen atoms in total. The van der Waals surface area contributed by atoms with E-state index in [0.29, 0.717) is 65.5 Å². The van der Waals surface area contributed by atoms with Crippen molar-refractivity contribution >= 4 is 33.9 Å². The number of methoxy groups -OCH3 is 1. The van der Waals surface area contributed by atoms with E-state index in [9.17, 15) is 10.1 Å². The van der Waals surface area contributed by atoms with Crippen molar-refractivity contribution in [2.24, 2.45) is 0 Å². The van der Waals surface area contributed by atoms with Gasteiger partial charge in [-0.2, -0.15) is 5.26 Å². The number of ether oxygens (including phenoxy) is 3. The molecule has 0 aliphatic carbocycles. The van der Waals surface area contributed by atoms with Crippen LogP contribution in [0.1, 0.15) is 17.5 Å². The van der Waals surface area contributed by atoms with Crippen molar-refractivity contribution in [3.63, 3.8) is 0 Å². The summed E-state index contributed by atoms with van der Waals surface area (Å²) in [6, 6.07) is 13.1. The number of nitrogens with zero attached hydrogens (tertiary/aromatic N) is 3. The van der Waals surface area contributed by atoms with Gasteiger partial charge in [0.25, 0.3) is 0 Å². The molecular formula is C30H31N5O4. The highest BCUT2D eigenvalue weighted by molar-refractivity contribution is 6.04. The second-order valence-electron chi connectivity index (χ2n) is 9.12. The van der Waals surface area contributed by atoms with Crippen LogP contribution >= 0.6 is 0 Å². The molecule has 1 amide bonds. The van der Waals surface area contributed by atoms with E-state index in [1.54, 1.807) is 25.3 Å². The summed E-state index contributed by atoms with van der Waals surface area (Å²) in [5.41, 5.74) is 3.41. The van der Waals surface area contributed by atoms with Crippen molar-refractivity contribution in [1.29, 1.82) is 5.26 Å². The third-order valence-corrected chi connectivity index (χ3v) is 6.19. The second kappa shape index (κ2) is 13.4. The SMILES string of the molecule is C#Cc1cccc(Nc2c(C#N)cnc3cc(OC4CCOC4)c(NC(=O)/C=C/CN(C)CCOC)cc23)c1. The van der Waals surface area contributed by atoms with E-state index in [0.717, 1.165) is 18.7 Å². The molecule has 39 heavy (non-hydrogen) atoms. The molecule has 2 aromatic carbocycles. The number of nitriles is 1. The highest BCUT2D eigenvalue weighted by Crippen LogP contribution is 2.37. The summed E-state index contributed by atoms with van der Waals surface area (Å²) >= 11 is 0. The Morgan fingerprint density at radius 1 is 1.36 bits per heavy atom. The number of carbonyl (C=O) groups is 1. The van der Waals surface area contributed by atoms with E-state index in [1.165, 1.54) is 12.3 Å². The predicted octanol–water partition coefficient (Wildman–Crippen LogP) is 4.07. The normalized spacial score (nSPS) is 14.8. The molecule has 0 spiro atoms. The van der Waals surface area contributed by atoms with Gasteiger partial charge >= 0.3 is 0 Å². The van der Waals surface area contributed by atoms with Crippen LogP contribution in [-0.2, 0) is 14.3 Å². The van der Waals surface area contributed by atoms with E-state index < -0.39 is 0 Å². The van der Waals surface area contributed by atoms with E-state index in [2.05, 4.69) is 27.6 Å². The van der Waals surface area contributed by atoms with Crippen molar-refractivity contribution in [2.75, 3.05) is 57.7 Å². The number of fused-ring (bicyclic) bond motifs is 1. The summed E-state index contributed by atoms with van der Waals surface area (Å²) < 4.78 is 16.8. The molecule has 1 unspecified atom stereocenters. The summed E-state index contributed by atoms with van der Waals surface area (Å²) in [6.07, 6.45) is 11.0. The molecular weight excluding hydrogens is 494 g/mol. The number of rotatable bonds is 11. The van der Waals surface area contributed by atoms with Gasteiger partial charge in [0.05, 0.1) is 42.3 Å². The molecule has 1 saturated heterocycles. The Morgan fingerprint density at radius 3 is 2.97 bits per heavy atom. The number of hydrogen-bond acceptors (Lipinski definition) is 8. The maximum Gasteiger partial charge on any atom is 0.248 e. The van der Waals surface area contributed by atoms with Gasteiger partial charge in [0.15, 0.2) is 0 Å². The minimum absolute atomic E-state index is 0.134. The summed E-state index contributed by atoms with van der Waals surface area (Å²) in [5, 5.41) is 16.7. The van der Waals surface area contributed by atoms with E-state index in [-0.39, 0.29) is 12.0 Å². The highest BCUT2D eigenvalue weighted by atomic mass is 16.5. The number of hydrogen-bond donors (Lipinski definition) is 2. The van der Waals surface area contributed by atoms with Crippen LogP contribution in [-0.4, -0.2) is 69.0 Å². The molecule has 2 N–H and O–H groups in total. The summed E-state index contributed by atoms with van der Waals surface area (Å²) in [6.45, 7) is 3.05. The smallest absolute Gasteiger partial charge is 0.248 e. The topological polar surface area (TPSA) is 109 Å². The van der Waals surface area contributed by atoms with Gasteiger partial charge < -0.3 is 29.7 Å². The number of carbonyl (C=O) groups excluding carboxylic acids is 1. The molecule has 1 aromatic heterocycles. The van der Waals surface area contributed by atoms with Gasteiger partial charge in [-0.1, -0.05) is 18.1 Å². The second-order valence-corrected chi connectivity index (χ2v) is 9.12. The van der Waals surface area contributed by atoms with Crippen molar-refractivity contribution in [3.05, 3.63) is 65.9 Å². The maximum atomic E-state index is 12.9. The number of terminal acetylenes is 1. The Morgan fingerprint density at radius 2 is 2.23 bits per heavy atom. The van der Waals surface area contributed by atoms with Crippen molar-refractivity contribution < 1.29 is 19.0 Å². The zero-order chi connectivity index (χ0) is 27.6. The van der Waals surface area contributed by atoms with Crippen LogP contribution in [0.25, 0.3) is 10.9 Å². The van der Waals surface area contributed by atoms with Gasteiger partial charge in [-0.25, -0.2) is 0 Å². The van der Waals surface area contributed by atoms with Crippen LogP contribution in [0, 0.1) is 23.7 Å². The molecule has 9 heteroatoms. The lowest BCUT2D eigenvalue weighted by Gasteiger charge is -2.18. The molecule has 0 radical (unpaired) electrons. The van der Waals surface area contributed by atoms with Gasteiger partial charge in [-0.15, -0.1) is 6.42 Å². The summed E-state index contributed by atoms with van der Waals surface area (Å²) in [7, 11) is 3.61. The maximum absolute atomic E-state index is 12.9. The fourth-order valence-electron chi connectivity index (χ4n) is 4.10. The number of amides is 1. The molecule has 2 heterocycles. The van der Waals surface area contributed by atoms with Gasteiger partial charge in [-0.3, -0.25) is 9.78 Å². The third kappa shape index (κ3) is 7.34. The number of benzene rings is 2. The van der Waals surface area contributed by atoms with Crippen molar-refractivity contribution in [3.8, 4) is 24.2 Å². The number of pyridine rings is 1. The van der Waals surface area contributed by atoms with E-state index in [1.807, 2.05) is 36.2 Å². The first-order valence-electron chi connectivity index (χ1n) is 12.6. The van der Waals surface area contributed by atoms with Gasteiger partial charge in [0.2, 0.25) is 5.91 Å². The number of aromatic nitrogens is 1. The standard InChI is InChI=1S/C30H31N5O4/c1-4-21-7-5-8-23(15-21)33-30-22(18-31)19-32-26-17-28(39-24-10-13-38-20-24)27(16-25(26)30)34-29(36)9-6-11-35(2)12-14-37-3/h1,5-9,15-17,19,24H,10-14,20H2,2-3H3,(H,32,33)(H,34,36)/b9-6+. The number of likely N-dealkylation sites (N-methyl/N-ethyl adjacent to an activating group) is 1. The van der Waals surface area contributed by atoms with Crippen LogP contribution in [0.15, 0.2) is 54.7 Å². The average Bonchev–Trinajstić information content (AvgIpc) is 3.46. The molecule has 200 valence electrons. The zero-order valence-corrected chi connectivity index (χ0v) is 22.1. The number of anilines is 3. The van der Waals surface area contributed by atoms with Gasteiger partial charge in [0.1, 0.15) is 17.9 Å². The van der Waals surface area contributed by atoms with Crippen molar-refractivity contribution in [1.82, 2.24) is 9.88 Å². The van der Waals surface area contributed by atoms with Crippen LogP contribution in [0.4, 0.5) is 17.1 Å². The Bertz CT molecular complexity index is 1430. The lowest BCUT2D eigenvalue weighted by atomic mass is 10.1. The molecule has 1 aliphatic heterocycles. The van der Waals surface area contributed by atoms with Crippen LogP contribution in [0.2, 0.25) is 0 Å². The molecule has 0 saturated carbocycles. The minimum atomic E-state index is -0.303. The van der Waals surface area contributed by atoms with Crippen LogP contribution < -0.4 is 15.4 Å². The number of nitrogens with one attached hydrogen (secondary N) is 2. The van der Waals surface area contributed by atoms with Crippen LogP contribution in [0.5, 0.6) is 5.75 Å². The predicted molar refractivity (Wildman–Crippen MR) is 151 cm³/mol. The fraction of sp³-hybridized carbons (Fsp3) is 0.300. The monoisotopic (exact) mass is 525 g/mol. The Labute approximate surface area is 228 Å². The third-order valence-electron chi connectivity index (χ3n) is 6.19. The zero-order valence-electron chi connectivity index (χ0n) is 22.1. The van der Waals surface area contributed by atoms with E-state index in [4.69, 9.17) is 20.6 Å². The summed E-state index contributed by atoms with van der Waals surface area (Å²) in [5.74, 6) is 2.80. The largest absolute Gasteiger partial charge is 0.486 e. The minimum Gasteiger partial charge on any atom is -0.486 e. The molecule has 1 fully saturated rings. The highest BCUT2D eigenvalue weighted by Gasteiger charge is 2.21. The molecule has 1 aliphatic rings. The Kier molecular flexibility index (Phi) is 9.49. The Balaban J connectivity index is 1.68. The lowest BCUT2D eigenvalue weighted by Crippen LogP contribution is -2.23. The first-order valence-corrected chi connectivity index (χ1v) is 12.6. The molecule has 0 bridgehead atoms. The lowest BCUT2D eigenvalue weighted by molar-refractivity contribution is -0.111. The quantitative estimate of drug-likeness (QED) is 0.285. The molecule has 1 atom stereocenters. The fourth-order valence-corrected chi connectivity index (χ4v) is 4.10.